The first-order valence-electron chi connectivity index (χ1n) is 12.6. The van der Waals surface area contributed by atoms with Crippen LogP contribution in [0.5, 0.6) is 11.5 Å². The third-order valence-corrected chi connectivity index (χ3v) is 6.82. The van der Waals surface area contributed by atoms with E-state index in [1.54, 1.807) is 30.3 Å². The van der Waals surface area contributed by atoms with Crippen LogP contribution in [0.25, 0.3) is 0 Å². The number of nitrogens with one attached hydrogen (secondary N) is 1. The fraction of sp³-hybridized carbons (Fsp3) is 0.500. The molecule has 2 amide bonds. The molecule has 3 rings (SSSR count). The monoisotopic (exact) mass is 518 g/mol. The zero-order valence-corrected chi connectivity index (χ0v) is 22.0. The molecule has 1 saturated carbocycles. The number of carbonyl (C=O) groups is 2. The zero-order valence-electron chi connectivity index (χ0n) is 21.3. The fourth-order valence-corrected chi connectivity index (χ4v) is 4.68. The minimum atomic E-state index is -0.949. The number of hydrogen-bond acceptors (Lipinski definition) is 4. The molecule has 196 valence electrons. The van der Waals surface area contributed by atoms with Crippen molar-refractivity contribution in [3.8, 4) is 11.5 Å². The third kappa shape index (κ3) is 7.36. The van der Waals surface area contributed by atoms with Crippen molar-refractivity contribution < 1.29 is 23.5 Å². The van der Waals surface area contributed by atoms with E-state index >= 15 is 0 Å². The Morgan fingerprint density at radius 2 is 1.81 bits per heavy atom. The predicted octanol–water partition coefficient (Wildman–Crippen LogP) is 5.63. The molecule has 0 bridgehead atoms. The Kier molecular flexibility index (Phi) is 10.4. The van der Waals surface area contributed by atoms with E-state index in [2.05, 4.69) is 12.2 Å². The van der Waals surface area contributed by atoms with Gasteiger partial charge in [-0.3, -0.25) is 9.59 Å². The maximum absolute atomic E-state index is 13.8. The molecule has 0 heterocycles. The van der Waals surface area contributed by atoms with Gasteiger partial charge in [0.25, 0.3) is 0 Å². The number of carbonyl (C=O) groups excluding carboxylic acids is 2. The van der Waals surface area contributed by atoms with E-state index in [9.17, 15) is 14.0 Å². The second kappa shape index (κ2) is 13.5. The summed E-state index contributed by atoms with van der Waals surface area (Å²) < 4.78 is 24.8. The number of amides is 2. The summed E-state index contributed by atoms with van der Waals surface area (Å²) in [7, 11) is 1.54. The average molecular weight is 519 g/mol. The number of methoxy groups -OCH3 is 1. The van der Waals surface area contributed by atoms with Gasteiger partial charge in [0.15, 0.2) is 11.5 Å². The van der Waals surface area contributed by atoms with E-state index in [1.165, 1.54) is 24.1 Å². The SMILES string of the molecule is CCCOc1ccc([C@H](C(=O)NC2CCC(C)CC2)N(Cc2ccc(F)cc2)C(=O)CCl)cc1OC. The van der Waals surface area contributed by atoms with E-state index in [4.69, 9.17) is 21.1 Å². The second-order valence-corrected chi connectivity index (χ2v) is 9.68. The fourth-order valence-electron chi connectivity index (χ4n) is 4.53. The summed E-state index contributed by atoms with van der Waals surface area (Å²) in [5.41, 5.74) is 1.27. The first kappa shape index (κ1) is 27.8. The minimum Gasteiger partial charge on any atom is -0.493 e. The van der Waals surface area contributed by atoms with Crippen LogP contribution in [-0.4, -0.2) is 42.4 Å². The van der Waals surface area contributed by atoms with Crippen molar-refractivity contribution in [2.45, 2.75) is 64.6 Å². The van der Waals surface area contributed by atoms with Gasteiger partial charge in [-0.2, -0.15) is 0 Å². The molecule has 0 saturated heterocycles. The Morgan fingerprint density at radius 1 is 1.11 bits per heavy atom. The van der Waals surface area contributed by atoms with Gasteiger partial charge in [0.2, 0.25) is 11.8 Å². The largest absolute Gasteiger partial charge is 0.493 e. The molecular weight excluding hydrogens is 483 g/mol. The highest BCUT2D eigenvalue weighted by Gasteiger charge is 2.33. The smallest absolute Gasteiger partial charge is 0.247 e. The van der Waals surface area contributed by atoms with Gasteiger partial charge < -0.3 is 19.7 Å². The van der Waals surface area contributed by atoms with Crippen LogP contribution in [0.4, 0.5) is 4.39 Å². The van der Waals surface area contributed by atoms with Crippen LogP contribution >= 0.6 is 11.6 Å². The molecule has 6 nitrogen and oxygen atoms in total. The van der Waals surface area contributed by atoms with Crippen LogP contribution in [-0.2, 0) is 16.1 Å². The zero-order chi connectivity index (χ0) is 26.1. The average Bonchev–Trinajstić information content (AvgIpc) is 2.89. The number of hydrogen-bond donors (Lipinski definition) is 1. The summed E-state index contributed by atoms with van der Waals surface area (Å²) in [6.07, 6.45) is 4.73. The summed E-state index contributed by atoms with van der Waals surface area (Å²) in [5, 5.41) is 3.17. The van der Waals surface area contributed by atoms with Crippen LogP contribution < -0.4 is 14.8 Å². The van der Waals surface area contributed by atoms with Gasteiger partial charge in [-0.25, -0.2) is 4.39 Å². The maximum atomic E-state index is 13.8. The molecule has 0 radical (unpaired) electrons. The van der Waals surface area contributed by atoms with Crippen molar-refractivity contribution in [1.29, 1.82) is 0 Å². The molecule has 36 heavy (non-hydrogen) atoms. The predicted molar refractivity (Wildman–Crippen MR) is 139 cm³/mol. The molecule has 2 aromatic rings. The van der Waals surface area contributed by atoms with Crippen molar-refractivity contribution in [2.24, 2.45) is 5.92 Å². The number of rotatable bonds is 11. The van der Waals surface area contributed by atoms with Crippen LogP contribution in [0.2, 0.25) is 0 Å². The normalized spacial score (nSPS) is 18.2. The maximum Gasteiger partial charge on any atom is 0.247 e. The summed E-state index contributed by atoms with van der Waals surface area (Å²) in [4.78, 5) is 28.3. The van der Waals surface area contributed by atoms with E-state index in [1.807, 2.05) is 6.92 Å². The summed E-state index contributed by atoms with van der Waals surface area (Å²) in [5.74, 6) is 0.343. The molecule has 0 aromatic heterocycles. The quantitative estimate of drug-likeness (QED) is 0.392. The van der Waals surface area contributed by atoms with Crippen molar-refractivity contribution in [3.05, 3.63) is 59.4 Å². The second-order valence-electron chi connectivity index (χ2n) is 9.41. The molecule has 8 heteroatoms. The number of nitrogens with zero attached hydrogens (tertiary/aromatic N) is 1. The van der Waals surface area contributed by atoms with Crippen LogP contribution in [0.15, 0.2) is 42.5 Å². The lowest BCUT2D eigenvalue weighted by Gasteiger charge is -2.34. The topological polar surface area (TPSA) is 67.9 Å². The first-order valence-corrected chi connectivity index (χ1v) is 13.1. The van der Waals surface area contributed by atoms with E-state index in [-0.39, 0.29) is 30.2 Å². The molecule has 1 atom stereocenters. The number of halogens is 2. The van der Waals surface area contributed by atoms with Gasteiger partial charge in [0, 0.05) is 12.6 Å². The van der Waals surface area contributed by atoms with Crippen LogP contribution in [0.1, 0.15) is 63.1 Å². The summed E-state index contributed by atoms with van der Waals surface area (Å²) >= 11 is 6.00. The van der Waals surface area contributed by atoms with Gasteiger partial charge in [-0.15, -0.1) is 11.6 Å². The van der Waals surface area contributed by atoms with Gasteiger partial charge in [-0.05, 0) is 73.4 Å². The lowest BCUT2D eigenvalue weighted by molar-refractivity contribution is -0.140. The van der Waals surface area contributed by atoms with Crippen LogP contribution in [0, 0.1) is 11.7 Å². The molecule has 0 unspecified atom stereocenters. The van der Waals surface area contributed by atoms with Gasteiger partial charge in [0.1, 0.15) is 17.7 Å². The molecular formula is C28H36ClFN2O4. The molecule has 1 N–H and O–H groups in total. The molecule has 1 fully saturated rings. The Bertz CT molecular complexity index is 1010. The highest BCUT2D eigenvalue weighted by Crippen LogP contribution is 2.34. The van der Waals surface area contributed by atoms with Crippen LogP contribution in [0.3, 0.4) is 0 Å². The lowest BCUT2D eigenvalue weighted by Crippen LogP contribution is -2.47. The molecule has 0 aliphatic heterocycles. The molecule has 1 aliphatic carbocycles. The highest BCUT2D eigenvalue weighted by molar-refractivity contribution is 6.27. The molecule has 1 aliphatic rings. The lowest BCUT2D eigenvalue weighted by atomic mass is 9.87. The van der Waals surface area contributed by atoms with Gasteiger partial charge >= 0.3 is 0 Å². The Morgan fingerprint density at radius 3 is 2.42 bits per heavy atom. The third-order valence-electron chi connectivity index (χ3n) is 6.59. The first-order chi connectivity index (χ1) is 17.4. The van der Waals surface area contributed by atoms with E-state index in [0.29, 0.717) is 35.2 Å². The number of ether oxygens (including phenoxy) is 2. The Balaban J connectivity index is 1.98. The van der Waals surface area contributed by atoms with E-state index < -0.39 is 11.9 Å². The van der Waals surface area contributed by atoms with Gasteiger partial charge in [0.05, 0.1) is 13.7 Å². The van der Waals surface area contributed by atoms with Gasteiger partial charge in [-0.1, -0.05) is 32.0 Å². The number of alkyl halides is 1. The van der Waals surface area contributed by atoms with Crippen molar-refractivity contribution in [3.63, 3.8) is 0 Å². The minimum absolute atomic E-state index is 0.0454. The standard InChI is InChI=1S/C28H36ClFN2O4/c1-4-15-36-24-14-9-21(16-25(24)35-3)27(28(34)31-23-12-5-19(2)6-13-23)32(26(33)17-29)18-20-7-10-22(30)11-8-20/h7-11,14,16,19,23,27H,4-6,12-13,15,17-18H2,1-3H3,(H,31,34)/t19?,23?,27-/m1/s1. The summed E-state index contributed by atoms with van der Waals surface area (Å²) in [6, 6.07) is 10.2. The highest BCUT2D eigenvalue weighted by atomic mass is 35.5. The Labute approximate surface area is 218 Å². The molecule has 0 spiro atoms. The number of benzene rings is 2. The Hall–Kier alpha value is -2.80. The molecule has 2 aromatic carbocycles. The van der Waals surface area contributed by atoms with E-state index in [0.717, 1.165) is 32.1 Å². The van der Waals surface area contributed by atoms with Crippen molar-refractivity contribution >= 4 is 23.4 Å². The summed E-state index contributed by atoms with van der Waals surface area (Å²) in [6.45, 7) is 4.86. The van der Waals surface area contributed by atoms with Crippen molar-refractivity contribution in [2.75, 3.05) is 19.6 Å². The van der Waals surface area contributed by atoms with Crippen molar-refractivity contribution in [1.82, 2.24) is 10.2 Å².